The largest absolute Gasteiger partial charge is 0.497 e. The van der Waals surface area contributed by atoms with Crippen LogP contribution in [0.4, 0.5) is 5.82 Å². The highest BCUT2D eigenvalue weighted by Crippen LogP contribution is 2.22. The third-order valence-electron chi connectivity index (χ3n) is 4.70. The van der Waals surface area contributed by atoms with E-state index in [1.54, 1.807) is 7.11 Å². The molecule has 0 aliphatic carbocycles. The van der Waals surface area contributed by atoms with E-state index in [1.807, 2.05) is 43.6 Å². The van der Waals surface area contributed by atoms with Crippen LogP contribution in [0.1, 0.15) is 5.56 Å². The highest BCUT2D eigenvalue weighted by Gasteiger charge is 2.20. The molecule has 0 bridgehead atoms. The summed E-state index contributed by atoms with van der Waals surface area (Å²) in [5.41, 5.74) is 1.10. The predicted octanol–water partition coefficient (Wildman–Crippen LogP) is 2.68. The van der Waals surface area contributed by atoms with E-state index in [2.05, 4.69) is 31.2 Å². The van der Waals surface area contributed by atoms with Gasteiger partial charge in [-0.15, -0.1) is 0 Å². The Bertz CT molecular complexity index is 760. The Morgan fingerprint density at radius 3 is 2.67 bits per heavy atom. The van der Waals surface area contributed by atoms with Gasteiger partial charge in [0.15, 0.2) is 5.96 Å². The zero-order valence-electron chi connectivity index (χ0n) is 15.9. The van der Waals surface area contributed by atoms with E-state index in [0.717, 1.165) is 67.3 Å². The molecule has 0 saturated carbocycles. The van der Waals surface area contributed by atoms with Gasteiger partial charge in [-0.2, -0.15) is 0 Å². The second-order valence-electron chi connectivity index (χ2n) is 6.34. The molecule has 0 atom stereocenters. The Labute approximate surface area is 165 Å². The van der Waals surface area contributed by atoms with Crippen molar-refractivity contribution in [2.75, 3.05) is 51.8 Å². The molecule has 7 heteroatoms. The Kier molecular flexibility index (Phi) is 6.76. The number of aromatic nitrogens is 1. The molecule has 2 heterocycles. The van der Waals surface area contributed by atoms with Crippen molar-refractivity contribution < 1.29 is 4.74 Å². The van der Waals surface area contributed by atoms with Crippen LogP contribution in [-0.4, -0.2) is 62.7 Å². The van der Waals surface area contributed by atoms with Crippen molar-refractivity contribution in [1.82, 2.24) is 15.2 Å². The fraction of sp³-hybridized carbons (Fsp3) is 0.400. The number of guanidine groups is 1. The molecule has 1 aliphatic rings. The molecule has 6 nitrogen and oxygen atoms in total. The molecule has 1 N–H and O–H groups in total. The molecular formula is C20H26ClN5O. The Morgan fingerprint density at radius 2 is 2.04 bits per heavy atom. The number of aliphatic imine (C=N–C) groups is 1. The van der Waals surface area contributed by atoms with Crippen molar-refractivity contribution in [2.24, 2.45) is 4.99 Å². The van der Waals surface area contributed by atoms with Gasteiger partial charge >= 0.3 is 0 Å². The maximum absolute atomic E-state index is 6.32. The van der Waals surface area contributed by atoms with Crippen molar-refractivity contribution in [1.29, 1.82) is 0 Å². The zero-order valence-corrected chi connectivity index (χ0v) is 16.6. The topological polar surface area (TPSA) is 53.0 Å². The standard InChI is InChI=1S/C20H26ClN5O/c1-22-20(24-10-8-16-6-7-17(27-2)15-18(16)21)26-13-11-25(12-14-26)19-5-3-4-9-23-19/h3-7,9,15H,8,10-14H2,1-2H3,(H,22,24). The molecule has 27 heavy (non-hydrogen) atoms. The fourth-order valence-electron chi connectivity index (χ4n) is 3.19. The first-order chi connectivity index (χ1) is 13.2. The van der Waals surface area contributed by atoms with Gasteiger partial charge in [0.1, 0.15) is 11.6 Å². The van der Waals surface area contributed by atoms with E-state index in [9.17, 15) is 0 Å². The monoisotopic (exact) mass is 387 g/mol. The van der Waals surface area contributed by atoms with Gasteiger partial charge < -0.3 is 19.9 Å². The Balaban J connectivity index is 1.49. The molecule has 0 radical (unpaired) electrons. The number of hydrogen-bond acceptors (Lipinski definition) is 4. The number of pyridine rings is 1. The van der Waals surface area contributed by atoms with Crippen molar-refractivity contribution in [2.45, 2.75) is 6.42 Å². The number of ether oxygens (including phenoxy) is 1. The van der Waals surface area contributed by atoms with Crippen LogP contribution in [0.25, 0.3) is 0 Å². The SMILES string of the molecule is CN=C(NCCc1ccc(OC)cc1Cl)N1CCN(c2ccccn2)CC1. The lowest BCUT2D eigenvalue weighted by Gasteiger charge is -2.37. The van der Waals surface area contributed by atoms with Crippen LogP contribution in [0.2, 0.25) is 5.02 Å². The van der Waals surface area contributed by atoms with Crippen LogP contribution < -0.4 is 15.0 Å². The second-order valence-corrected chi connectivity index (χ2v) is 6.75. The van der Waals surface area contributed by atoms with Crippen molar-refractivity contribution in [3.05, 3.63) is 53.2 Å². The Hall–Kier alpha value is -2.47. The lowest BCUT2D eigenvalue weighted by Crippen LogP contribution is -2.53. The average molecular weight is 388 g/mol. The quantitative estimate of drug-likeness (QED) is 0.631. The molecule has 1 aromatic heterocycles. The van der Waals surface area contributed by atoms with E-state index in [0.29, 0.717) is 0 Å². The minimum absolute atomic E-state index is 0.732. The number of hydrogen-bond donors (Lipinski definition) is 1. The van der Waals surface area contributed by atoms with Crippen molar-refractivity contribution >= 4 is 23.4 Å². The van der Waals surface area contributed by atoms with Crippen LogP contribution in [0.3, 0.4) is 0 Å². The molecule has 1 aromatic carbocycles. The number of halogens is 1. The number of benzene rings is 1. The minimum Gasteiger partial charge on any atom is -0.497 e. The first-order valence-electron chi connectivity index (χ1n) is 9.15. The smallest absolute Gasteiger partial charge is 0.193 e. The molecule has 0 spiro atoms. The van der Waals surface area contributed by atoms with Gasteiger partial charge in [-0.1, -0.05) is 23.7 Å². The van der Waals surface area contributed by atoms with Gasteiger partial charge in [0.2, 0.25) is 0 Å². The number of nitrogens with one attached hydrogen (secondary N) is 1. The maximum Gasteiger partial charge on any atom is 0.193 e. The van der Waals surface area contributed by atoms with Gasteiger partial charge in [-0.3, -0.25) is 4.99 Å². The first kappa shape index (κ1) is 19.3. The molecule has 144 valence electrons. The summed E-state index contributed by atoms with van der Waals surface area (Å²) in [6, 6.07) is 11.8. The zero-order chi connectivity index (χ0) is 19.1. The number of nitrogens with zero attached hydrogens (tertiary/aromatic N) is 4. The minimum atomic E-state index is 0.732. The van der Waals surface area contributed by atoms with Gasteiger partial charge in [0, 0.05) is 51.0 Å². The van der Waals surface area contributed by atoms with Crippen molar-refractivity contribution in [3.8, 4) is 5.75 Å². The van der Waals surface area contributed by atoms with Gasteiger partial charge in [0.05, 0.1) is 7.11 Å². The summed E-state index contributed by atoms with van der Waals surface area (Å²) in [6.45, 7) is 4.47. The molecular weight excluding hydrogens is 362 g/mol. The number of anilines is 1. The summed E-state index contributed by atoms with van der Waals surface area (Å²) in [6.07, 6.45) is 2.67. The summed E-state index contributed by atoms with van der Waals surface area (Å²) in [4.78, 5) is 13.5. The Morgan fingerprint density at radius 1 is 1.22 bits per heavy atom. The number of rotatable bonds is 5. The summed E-state index contributed by atoms with van der Waals surface area (Å²) >= 11 is 6.32. The summed E-state index contributed by atoms with van der Waals surface area (Å²) < 4.78 is 5.20. The number of methoxy groups -OCH3 is 1. The summed E-state index contributed by atoms with van der Waals surface area (Å²) in [5.74, 6) is 2.74. The summed E-state index contributed by atoms with van der Waals surface area (Å²) in [7, 11) is 3.47. The summed E-state index contributed by atoms with van der Waals surface area (Å²) in [5, 5.41) is 4.18. The van der Waals surface area contributed by atoms with E-state index < -0.39 is 0 Å². The molecule has 1 fully saturated rings. The lowest BCUT2D eigenvalue weighted by molar-refractivity contribution is 0.372. The second kappa shape index (κ2) is 9.46. The maximum atomic E-state index is 6.32. The number of piperazine rings is 1. The predicted molar refractivity (Wildman–Crippen MR) is 111 cm³/mol. The molecule has 0 amide bonds. The lowest BCUT2D eigenvalue weighted by atomic mass is 10.1. The van der Waals surface area contributed by atoms with Crippen LogP contribution in [-0.2, 0) is 6.42 Å². The van der Waals surface area contributed by atoms with E-state index in [-0.39, 0.29) is 0 Å². The third kappa shape index (κ3) is 5.04. The molecule has 2 aromatic rings. The third-order valence-corrected chi connectivity index (χ3v) is 5.05. The van der Waals surface area contributed by atoms with Gasteiger partial charge in [0.25, 0.3) is 0 Å². The van der Waals surface area contributed by atoms with Gasteiger partial charge in [-0.25, -0.2) is 4.98 Å². The van der Waals surface area contributed by atoms with E-state index in [1.165, 1.54) is 0 Å². The van der Waals surface area contributed by atoms with Crippen LogP contribution in [0.15, 0.2) is 47.6 Å². The highest BCUT2D eigenvalue weighted by atomic mass is 35.5. The molecule has 1 saturated heterocycles. The highest BCUT2D eigenvalue weighted by molar-refractivity contribution is 6.31. The van der Waals surface area contributed by atoms with Crippen LogP contribution in [0, 0.1) is 0 Å². The van der Waals surface area contributed by atoms with Gasteiger partial charge in [-0.05, 0) is 36.2 Å². The van der Waals surface area contributed by atoms with Crippen LogP contribution in [0.5, 0.6) is 5.75 Å². The van der Waals surface area contributed by atoms with Crippen LogP contribution >= 0.6 is 11.6 Å². The van der Waals surface area contributed by atoms with E-state index >= 15 is 0 Å². The average Bonchev–Trinajstić information content (AvgIpc) is 2.73. The molecule has 0 unspecified atom stereocenters. The normalized spacial score (nSPS) is 15.0. The van der Waals surface area contributed by atoms with Crippen molar-refractivity contribution in [3.63, 3.8) is 0 Å². The van der Waals surface area contributed by atoms with E-state index in [4.69, 9.17) is 16.3 Å². The first-order valence-corrected chi connectivity index (χ1v) is 9.53. The molecule has 1 aliphatic heterocycles. The molecule has 3 rings (SSSR count). The fourth-order valence-corrected chi connectivity index (χ4v) is 3.45.